The number of aryl methyl sites for hydroxylation is 1. The zero-order valence-corrected chi connectivity index (χ0v) is 16.9. The Kier molecular flexibility index (Phi) is 7.20. The second-order valence-corrected chi connectivity index (χ2v) is 7.26. The van der Waals surface area contributed by atoms with Crippen molar-refractivity contribution >= 4 is 39.9 Å². The van der Waals surface area contributed by atoms with E-state index in [0.717, 1.165) is 27.3 Å². The molecule has 0 saturated heterocycles. The van der Waals surface area contributed by atoms with Crippen molar-refractivity contribution in [1.29, 1.82) is 0 Å². The van der Waals surface area contributed by atoms with Gasteiger partial charge in [-0.25, -0.2) is 0 Å². The summed E-state index contributed by atoms with van der Waals surface area (Å²) >= 11 is 1.51. The van der Waals surface area contributed by atoms with Gasteiger partial charge in [0, 0.05) is 18.0 Å². The van der Waals surface area contributed by atoms with Crippen molar-refractivity contribution in [2.75, 3.05) is 13.1 Å². The van der Waals surface area contributed by atoms with Gasteiger partial charge < -0.3 is 10.6 Å². The lowest BCUT2D eigenvalue weighted by Gasteiger charge is -2.12. The summed E-state index contributed by atoms with van der Waals surface area (Å²) in [4.78, 5) is 14.2. The first kappa shape index (κ1) is 20.4. The van der Waals surface area contributed by atoms with Crippen LogP contribution in [0, 0.1) is 6.92 Å². The molecule has 2 heterocycles. The van der Waals surface area contributed by atoms with Gasteiger partial charge in [-0.1, -0.05) is 37.3 Å². The van der Waals surface area contributed by atoms with Crippen molar-refractivity contribution in [2.45, 2.75) is 33.4 Å². The van der Waals surface area contributed by atoms with Gasteiger partial charge in [-0.3, -0.25) is 9.48 Å². The number of carbonyl (C=O) groups excluding carboxylic acids is 1. The molecule has 3 rings (SSSR count). The average Bonchev–Trinajstić information content (AvgIpc) is 3.16. The Morgan fingerprint density at radius 1 is 1.31 bits per heavy atom. The Balaban J connectivity index is 0.00000243. The zero-order chi connectivity index (χ0) is 17.8. The van der Waals surface area contributed by atoms with Crippen molar-refractivity contribution in [2.24, 2.45) is 0 Å². The molecule has 1 atom stereocenters. The Morgan fingerprint density at radius 2 is 2.04 bits per heavy atom. The number of thiophene rings is 1. The number of nitrogens with zero attached hydrogens (tertiary/aromatic N) is 2. The van der Waals surface area contributed by atoms with Gasteiger partial charge in [0.1, 0.15) is 4.83 Å². The Hall–Kier alpha value is -1.89. The Bertz CT molecular complexity index is 859. The van der Waals surface area contributed by atoms with Crippen LogP contribution in [-0.2, 0) is 6.54 Å². The van der Waals surface area contributed by atoms with Gasteiger partial charge in [-0.05, 0) is 32.0 Å². The fourth-order valence-corrected chi connectivity index (χ4v) is 3.92. The predicted molar refractivity (Wildman–Crippen MR) is 111 cm³/mol. The number of hydrogen-bond acceptors (Lipinski definition) is 4. The third kappa shape index (κ3) is 4.63. The number of likely N-dealkylation sites (N-methyl/N-ethyl adjacent to an activating group) is 1. The molecule has 0 aliphatic carbocycles. The fraction of sp³-hybridized carbons (Fsp3) is 0.368. The fourth-order valence-electron chi connectivity index (χ4n) is 2.84. The molecule has 3 aromatic rings. The number of fused-ring (bicyclic) bond motifs is 1. The molecule has 7 heteroatoms. The van der Waals surface area contributed by atoms with E-state index in [1.165, 1.54) is 16.9 Å². The van der Waals surface area contributed by atoms with Gasteiger partial charge in [-0.15, -0.1) is 23.7 Å². The van der Waals surface area contributed by atoms with Crippen LogP contribution in [-0.4, -0.2) is 34.8 Å². The monoisotopic (exact) mass is 392 g/mol. The zero-order valence-electron chi connectivity index (χ0n) is 15.3. The van der Waals surface area contributed by atoms with E-state index in [1.807, 2.05) is 35.9 Å². The van der Waals surface area contributed by atoms with E-state index in [-0.39, 0.29) is 24.4 Å². The predicted octanol–water partition coefficient (Wildman–Crippen LogP) is 3.60. The molecule has 140 valence electrons. The molecule has 0 saturated carbocycles. The van der Waals surface area contributed by atoms with Gasteiger partial charge in [0.2, 0.25) is 0 Å². The van der Waals surface area contributed by atoms with Crippen molar-refractivity contribution in [1.82, 2.24) is 20.4 Å². The van der Waals surface area contributed by atoms with E-state index in [1.54, 1.807) is 0 Å². The van der Waals surface area contributed by atoms with E-state index >= 15 is 0 Å². The number of halogens is 1. The maximum absolute atomic E-state index is 12.4. The maximum Gasteiger partial charge on any atom is 0.261 e. The molecule has 1 amide bonds. The number of aromatic nitrogens is 2. The third-order valence-corrected chi connectivity index (χ3v) is 5.27. The van der Waals surface area contributed by atoms with Crippen LogP contribution in [0.4, 0.5) is 0 Å². The van der Waals surface area contributed by atoms with E-state index in [4.69, 9.17) is 0 Å². The van der Waals surface area contributed by atoms with Crippen LogP contribution in [0.1, 0.15) is 34.8 Å². The molecular weight excluding hydrogens is 368 g/mol. The third-order valence-electron chi connectivity index (χ3n) is 4.13. The van der Waals surface area contributed by atoms with Crippen molar-refractivity contribution < 1.29 is 4.79 Å². The maximum atomic E-state index is 12.4. The summed E-state index contributed by atoms with van der Waals surface area (Å²) in [5, 5.41) is 12.0. The van der Waals surface area contributed by atoms with Crippen LogP contribution in [0.25, 0.3) is 10.2 Å². The minimum Gasteiger partial charge on any atom is -0.350 e. The lowest BCUT2D eigenvalue weighted by atomic mass is 10.2. The first-order valence-corrected chi connectivity index (χ1v) is 9.42. The summed E-state index contributed by atoms with van der Waals surface area (Å²) in [6.45, 7) is 8.35. The molecule has 2 aromatic heterocycles. The lowest BCUT2D eigenvalue weighted by molar-refractivity contribution is 0.0954. The van der Waals surface area contributed by atoms with E-state index in [2.05, 4.69) is 41.7 Å². The van der Waals surface area contributed by atoms with Crippen LogP contribution < -0.4 is 10.6 Å². The summed E-state index contributed by atoms with van der Waals surface area (Å²) in [5.41, 5.74) is 2.16. The van der Waals surface area contributed by atoms with Crippen LogP contribution in [0.2, 0.25) is 0 Å². The molecule has 0 aliphatic rings. The van der Waals surface area contributed by atoms with Crippen LogP contribution in [0.15, 0.2) is 36.4 Å². The molecule has 0 spiro atoms. The number of rotatable bonds is 7. The summed E-state index contributed by atoms with van der Waals surface area (Å²) in [6.07, 6.45) is 0. The largest absolute Gasteiger partial charge is 0.350 e. The topological polar surface area (TPSA) is 58.9 Å². The standard InChI is InChI=1S/C19H24N4OS.ClH/c1-4-20-13(2)11-21-18(24)17-10-16-14(3)22-23(19(16)25-17)12-15-8-6-5-7-9-15;/h5-10,13,20H,4,11-12H2,1-3H3,(H,21,24);1H/t13-;/m1./s1. The molecular formula is C19H25ClN4OS. The number of nitrogens with one attached hydrogen (secondary N) is 2. The summed E-state index contributed by atoms with van der Waals surface area (Å²) in [5.74, 6) is -0.0170. The minimum absolute atomic E-state index is 0. The second-order valence-electron chi connectivity index (χ2n) is 6.23. The molecule has 1 aromatic carbocycles. The molecule has 0 unspecified atom stereocenters. The number of carbonyl (C=O) groups is 1. The van der Waals surface area contributed by atoms with Crippen LogP contribution >= 0.6 is 23.7 Å². The van der Waals surface area contributed by atoms with E-state index in [0.29, 0.717) is 13.1 Å². The number of hydrogen-bond donors (Lipinski definition) is 2. The van der Waals surface area contributed by atoms with Crippen molar-refractivity contribution in [3.8, 4) is 0 Å². The second kappa shape index (κ2) is 9.16. The Labute approximate surface area is 164 Å². The van der Waals surface area contributed by atoms with Crippen LogP contribution in [0.3, 0.4) is 0 Å². The van der Waals surface area contributed by atoms with Gasteiger partial charge in [0.25, 0.3) is 5.91 Å². The lowest BCUT2D eigenvalue weighted by Crippen LogP contribution is -2.38. The highest BCUT2D eigenvalue weighted by atomic mass is 35.5. The molecule has 5 nitrogen and oxygen atoms in total. The first-order valence-electron chi connectivity index (χ1n) is 8.61. The molecule has 0 aliphatic heterocycles. The van der Waals surface area contributed by atoms with Crippen LogP contribution in [0.5, 0.6) is 0 Å². The number of amides is 1. The highest BCUT2D eigenvalue weighted by Crippen LogP contribution is 2.28. The normalized spacial score (nSPS) is 12.0. The highest BCUT2D eigenvalue weighted by molar-refractivity contribution is 7.20. The van der Waals surface area contributed by atoms with E-state index < -0.39 is 0 Å². The van der Waals surface area contributed by atoms with Crippen molar-refractivity contribution in [3.63, 3.8) is 0 Å². The van der Waals surface area contributed by atoms with Crippen molar-refractivity contribution in [3.05, 3.63) is 52.5 Å². The summed E-state index contributed by atoms with van der Waals surface area (Å²) in [7, 11) is 0. The Morgan fingerprint density at radius 3 is 2.73 bits per heavy atom. The molecule has 0 radical (unpaired) electrons. The van der Waals surface area contributed by atoms with Gasteiger partial charge in [0.15, 0.2) is 0 Å². The quantitative estimate of drug-likeness (QED) is 0.645. The first-order chi connectivity index (χ1) is 12.1. The number of benzene rings is 1. The molecule has 26 heavy (non-hydrogen) atoms. The molecule has 0 fully saturated rings. The SMILES string of the molecule is CCN[C@H](C)CNC(=O)c1cc2c(C)nn(Cc3ccccc3)c2s1.Cl. The average molecular weight is 393 g/mol. The van der Waals surface area contributed by atoms with Gasteiger partial charge in [0.05, 0.1) is 17.1 Å². The highest BCUT2D eigenvalue weighted by Gasteiger charge is 2.16. The molecule has 2 N–H and O–H groups in total. The van der Waals surface area contributed by atoms with Gasteiger partial charge >= 0.3 is 0 Å². The summed E-state index contributed by atoms with van der Waals surface area (Å²) < 4.78 is 1.99. The van der Waals surface area contributed by atoms with Gasteiger partial charge in [-0.2, -0.15) is 5.10 Å². The summed E-state index contributed by atoms with van der Waals surface area (Å²) in [6, 6.07) is 12.5. The smallest absolute Gasteiger partial charge is 0.261 e. The van der Waals surface area contributed by atoms with E-state index in [9.17, 15) is 4.79 Å². The molecule has 0 bridgehead atoms. The minimum atomic E-state index is -0.0170.